The molecule has 34 heavy (non-hydrogen) atoms. The third-order valence-corrected chi connectivity index (χ3v) is 5.89. The van der Waals surface area contributed by atoms with Crippen LogP contribution in [-0.2, 0) is 11.3 Å². The standard InChI is InChI=1S/C25H30N4O4S/c1-5-7-15-33-19-10-8-18(9-11-19)24-27-28-25(29(24)14-6-2)34-17-23(30)26-21-13-12-20(31-3)16-22(21)32-4/h6,8-13,16H,2,5,7,14-15,17H2,1,3-4H3,(H,26,30). The summed E-state index contributed by atoms with van der Waals surface area (Å²) in [5.41, 5.74) is 1.49. The van der Waals surface area contributed by atoms with Crippen LogP contribution >= 0.6 is 11.8 Å². The summed E-state index contributed by atoms with van der Waals surface area (Å²) in [5, 5.41) is 12.2. The Morgan fingerprint density at radius 2 is 1.88 bits per heavy atom. The largest absolute Gasteiger partial charge is 0.497 e. The van der Waals surface area contributed by atoms with Crippen molar-refractivity contribution in [1.29, 1.82) is 0 Å². The predicted octanol–water partition coefficient (Wildman–Crippen LogP) is 5.06. The first-order valence-corrected chi connectivity index (χ1v) is 12.0. The molecule has 180 valence electrons. The number of carbonyl (C=O) groups is 1. The molecule has 0 unspecified atom stereocenters. The molecule has 1 heterocycles. The molecule has 0 bridgehead atoms. The number of aromatic nitrogens is 3. The lowest BCUT2D eigenvalue weighted by molar-refractivity contribution is -0.113. The zero-order valence-corrected chi connectivity index (χ0v) is 20.6. The summed E-state index contributed by atoms with van der Waals surface area (Å²) >= 11 is 1.31. The van der Waals surface area contributed by atoms with Gasteiger partial charge in [-0.15, -0.1) is 16.8 Å². The molecule has 9 heteroatoms. The molecule has 2 aromatic carbocycles. The Hall–Kier alpha value is -3.46. The van der Waals surface area contributed by atoms with Crippen LogP contribution in [0.3, 0.4) is 0 Å². The van der Waals surface area contributed by atoms with Gasteiger partial charge in [0.25, 0.3) is 0 Å². The Morgan fingerprint density at radius 3 is 2.56 bits per heavy atom. The van der Waals surface area contributed by atoms with E-state index < -0.39 is 0 Å². The molecular formula is C25H30N4O4S. The summed E-state index contributed by atoms with van der Waals surface area (Å²) in [6, 6.07) is 13.0. The van der Waals surface area contributed by atoms with Gasteiger partial charge in [-0.25, -0.2) is 0 Å². The van der Waals surface area contributed by atoms with Gasteiger partial charge in [0, 0.05) is 18.2 Å². The highest BCUT2D eigenvalue weighted by atomic mass is 32.2. The number of amides is 1. The molecule has 0 aliphatic carbocycles. The Kier molecular flexibility index (Phi) is 9.40. The van der Waals surface area contributed by atoms with Gasteiger partial charge in [-0.1, -0.05) is 31.2 Å². The van der Waals surface area contributed by atoms with Crippen LogP contribution in [0.15, 0.2) is 60.3 Å². The maximum absolute atomic E-state index is 12.6. The summed E-state index contributed by atoms with van der Waals surface area (Å²) in [5.74, 6) is 2.68. The maximum Gasteiger partial charge on any atom is 0.234 e. The fourth-order valence-electron chi connectivity index (χ4n) is 3.16. The Bertz CT molecular complexity index is 1100. The van der Waals surface area contributed by atoms with Crippen molar-refractivity contribution >= 4 is 23.4 Å². The summed E-state index contributed by atoms with van der Waals surface area (Å²) < 4.78 is 18.2. The summed E-state index contributed by atoms with van der Waals surface area (Å²) in [6.45, 7) is 7.20. The van der Waals surface area contributed by atoms with Crippen molar-refractivity contribution < 1.29 is 19.0 Å². The highest BCUT2D eigenvalue weighted by Gasteiger charge is 2.16. The second-order valence-corrected chi connectivity index (χ2v) is 8.28. The van der Waals surface area contributed by atoms with Crippen molar-refractivity contribution in [2.75, 3.05) is 31.9 Å². The van der Waals surface area contributed by atoms with Crippen molar-refractivity contribution in [3.05, 3.63) is 55.1 Å². The van der Waals surface area contributed by atoms with E-state index in [1.807, 2.05) is 28.8 Å². The zero-order chi connectivity index (χ0) is 24.3. The lowest BCUT2D eigenvalue weighted by Crippen LogP contribution is -2.15. The van der Waals surface area contributed by atoms with Crippen LogP contribution in [0.25, 0.3) is 11.4 Å². The molecule has 0 saturated heterocycles. The monoisotopic (exact) mass is 482 g/mol. The average molecular weight is 483 g/mol. The third-order valence-electron chi connectivity index (χ3n) is 4.92. The Morgan fingerprint density at radius 1 is 1.12 bits per heavy atom. The Labute approximate surface area is 204 Å². The number of hydrogen-bond acceptors (Lipinski definition) is 7. The van der Waals surface area contributed by atoms with Gasteiger partial charge < -0.3 is 19.5 Å². The topological polar surface area (TPSA) is 87.5 Å². The molecule has 0 spiro atoms. The minimum absolute atomic E-state index is 0.161. The normalized spacial score (nSPS) is 10.6. The van der Waals surface area contributed by atoms with Crippen LogP contribution in [0.4, 0.5) is 5.69 Å². The quantitative estimate of drug-likeness (QED) is 0.207. The average Bonchev–Trinajstić information content (AvgIpc) is 3.26. The van der Waals surface area contributed by atoms with Gasteiger partial charge in [-0.05, 0) is 42.8 Å². The minimum Gasteiger partial charge on any atom is -0.497 e. The number of thioether (sulfide) groups is 1. The number of nitrogens with one attached hydrogen (secondary N) is 1. The number of nitrogens with zero attached hydrogens (tertiary/aromatic N) is 3. The smallest absolute Gasteiger partial charge is 0.234 e. The second-order valence-electron chi connectivity index (χ2n) is 7.33. The molecule has 8 nitrogen and oxygen atoms in total. The van der Waals surface area contributed by atoms with Crippen LogP contribution in [0.2, 0.25) is 0 Å². The van der Waals surface area contributed by atoms with Gasteiger partial charge in [-0.2, -0.15) is 0 Å². The van der Waals surface area contributed by atoms with E-state index in [1.54, 1.807) is 38.5 Å². The van der Waals surface area contributed by atoms with E-state index in [0.29, 0.717) is 41.3 Å². The number of ether oxygens (including phenoxy) is 3. The number of rotatable bonds is 13. The van der Waals surface area contributed by atoms with Crippen LogP contribution < -0.4 is 19.5 Å². The van der Waals surface area contributed by atoms with Crippen molar-refractivity contribution in [3.63, 3.8) is 0 Å². The highest BCUT2D eigenvalue weighted by Crippen LogP contribution is 2.30. The first-order valence-electron chi connectivity index (χ1n) is 11.0. The lowest BCUT2D eigenvalue weighted by atomic mass is 10.2. The zero-order valence-electron chi connectivity index (χ0n) is 19.7. The number of unbranched alkanes of at least 4 members (excludes halogenated alkanes) is 1. The van der Waals surface area contributed by atoms with Crippen molar-refractivity contribution in [2.24, 2.45) is 0 Å². The van der Waals surface area contributed by atoms with Crippen molar-refractivity contribution in [1.82, 2.24) is 14.8 Å². The maximum atomic E-state index is 12.6. The number of hydrogen-bond donors (Lipinski definition) is 1. The number of allylic oxidation sites excluding steroid dienone is 1. The van der Waals surface area contributed by atoms with E-state index in [9.17, 15) is 4.79 Å². The van der Waals surface area contributed by atoms with E-state index in [1.165, 1.54) is 11.8 Å². The fraction of sp³-hybridized carbons (Fsp3) is 0.320. The van der Waals surface area contributed by atoms with Gasteiger partial charge in [0.15, 0.2) is 11.0 Å². The second kappa shape index (κ2) is 12.7. The molecule has 0 radical (unpaired) electrons. The predicted molar refractivity (Wildman–Crippen MR) is 135 cm³/mol. The van der Waals surface area contributed by atoms with Gasteiger partial charge in [0.05, 0.1) is 32.3 Å². The molecule has 0 saturated carbocycles. The molecule has 0 aliphatic rings. The number of carbonyl (C=O) groups excluding carboxylic acids is 1. The SMILES string of the molecule is C=CCn1c(SCC(=O)Nc2ccc(OC)cc2OC)nnc1-c1ccc(OCCCC)cc1. The molecular weight excluding hydrogens is 452 g/mol. The van der Waals surface area contributed by atoms with E-state index in [2.05, 4.69) is 29.0 Å². The van der Waals surface area contributed by atoms with Crippen LogP contribution in [0, 0.1) is 0 Å². The molecule has 1 amide bonds. The van der Waals surface area contributed by atoms with Gasteiger partial charge >= 0.3 is 0 Å². The summed E-state index contributed by atoms with van der Waals surface area (Å²) in [4.78, 5) is 12.6. The summed E-state index contributed by atoms with van der Waals surface area (Å²) in [6.07, 6.45) is 3.89. The molecule has 1 N–H and O–H groups in total. The number of anilines is 1. The van der Waals surface area contributed by atoms with Crippen LogP contribution in [0.1, 0.15) is 19.8 Å². The van der Waals surface area contributed by atoms with Gasteiger partial charge in [0.2, 0.25) is 5.91 Å². The van der Waals surface area contributed by atoms with E-state index in [4.69, 9.17) is 14.2 Å². The molecule has 0 aliphatic heterocycles. The highest BCUT2D eigenvalue weighted by molar-refractivity contribution is 7.99. The third kappa shape index (κ3) is 6.54. The van der Waals surface area contributed by atoms with Crippen molar-refractivity contribution in [2.45, 2.75) is 31.5 Å². The molecule has 1 aromatic heterocycles. The van der Waals surface area contributed by atoms with Gasteiger partial charge in [0.1, 0.15) is 17.2 Å². The fourth-order valence-corrected chi connectivity index (χ4v) is 3.90. The molecule has 0 fully saturated rings. The molecule has 0 atom stereocenters. The van der Waals surface area contributed by atoms with E-state index in [0.717, 1.165) is 24.2 Å². The minimum atomic E-state index is -0.184. The van der Waals surface area contributed by atoms with Crippen LogP contribution in [0.5, 0.6) is 17.2 Å². The van der Waals surface area contributed by atoms with Crippen LogP contribution in [-0.4, -0.2) is 47.3 Å². The molecule has 3 aromatic rings. The van der Waals surface area contributed by atoms with Crippen molar-refractivity contribution in [3.8, 4) is 28.6 Å². The van der Waals surface area contributed by atoms with E-state index >= 15 is 0 Å². The Balaban J connectivity index is 1.67. The molecule has 3 rings (SSSR count). The summed E-state index contributed by atoms with van der Waals surface area (Å²) in [7, 11) is 3.12. The first-order chi connectivity index (χ1) is 16.6. The number of methoxy groups -OCH3 is 2. The number of benzene rings is 2. The van der Waals surface area contributed by atoms with E-state index in [-0.39, 0.29) is 11.7 Å². The first kappa shape index (κ1) is 25.2. The lowest BCUT2D eigenvalue weighted by Gasteiger charge is -2.12. The van der Waals surface area contributed by atoms with Gasteiger partial charge in [-0.3, -0.25) is 9.36 Å².